The molecule has 31 heavy (non-hydrogen) atoms. The summed E-state index contributed by atoms with van der Waals surface area (Å²) in [5.74, 6) is -1.34. The molecule has 0 unspecified atom stereocenters. The van der Waals surface area contributed by atoms with Gasteiger partial charge in [-0.25, -0.2) is 9.89 Å². The van der Waals surface area contributed by atoms with E-state index in [1.165, 1.54) is 0 Å². The average Bonchev–Trinajstić information content (AvgIpc) is 3.12. The maximum atomic E-state index is 11.8. The van der Waals surface area contributed by atoms with Gasteiger partial charge < -0.3 is 19.7 Å². The fourth-order valence-electron chi connectivity index (χ4n) is 3.03. The van der Waals surface area contributed by atoms with E-state index in [9.17, 15) is 18.0 Å². The van der Waals surface area contributed by atoms with Gasteiger partial charge in [-0.2, -0.15) is 18.3 Å². The number of carboxylic acid groups (broad SMARTS) is 1. The summed E-state index contributed by atoms with van der Waals surface area (Å²) < 4.78 is 42.9. The van der Waals surface area contributed by atoms with Crippen LogP contribution in [-0.2, 0) is 4.79 Å². The van der Waals surface area contributed by atoms with Crippen molar-refractivity contribution < 1.29 is 32.3 Å². The summed E-state index contributed by atoms with van der Waals surface area (Å²) in [5, 5.41) is 21.5. The second-order valence-electron chi connectivity index (χ2n) is 6.76. The lowest BCUT2D eigenvalue weighted by molar-refractivity contribution is -0.192. The molecule has 0 aliphatic carbocycles. The monoisotopic (exact) mass is 440 g/mol. The third-order valence-corrected chi connectivity index (χ3v) is 4.54. The lowest BCUT2D eigenvalue weighted by Gasteiger charge is -2.23. The number of aryl methyl sites for hydroxylation is 1. The molecule has 1 saturated heterocycles. The van der Waals surface area contributed by atoms with Gasteiger partial charge in [0.1, 0.15) is 23.3 Å². The summed E-state index contributed by atoms with van der Waals surface area (Å²) >= 11 is 0. The molecule has 1 aliphatic heterocycles. The largest absolute Gasteiger partial charge is 0.490 e. The highest BCUT2D eigenvalue weighted by atomic mass is 19.4. The minimum absolute atomic E-state index is 0.260. The Balaban J connectivity index is 0.000000339. The van der Waals surface area contributed by atoms with Crippen LogP contribution in [0.5, 0.6) is 5.75 Å². The number of aromatic amines is 1. The van der Waals surface area contributed by atoms with Gasteiger partial charge in [-0.3, -0.25) is 4.79 Å². The van der Waals surface area contributed by atoms with Crippen molar-refractivity contribution >= 4 is 16.9 Å². The fourth-order valence-corrected chi connectivity index (χ4v) is 3.03. The van der Waals surface area contributed by atoms with E-state index in [2.05, 4.69) is 20.7 Å². The predicted octanol–water partition coefficient (Wildman–Crippen LogP) is 2.65. The standard InChI is InChI=1S/C17H18N4O3.C2HF3O2/c1-10-14-15(19-20-17(22)16(14)21-24-10)11-2-4-12(5-3-11)23-13-6-8-18-9-7-13;3-2(4,5)1(6)7/h2-5,13,18H,6-9H2,1H3,(H,20,22);(H,6,7). The quantitative estimate of drug-likeness (QED) is 0.567. The van der Waals surface area contributed by atoms with Crippen LogP contribution in [0.1, 0.15) is 18.6 Å². The van der Waals surface area contributed by atoms with Crippen molar-refractivity contribution in [2.75, 3.05) is 13.1 Å². The van der Waals surface area contributed by atoms with Crippen LogP contribution in [0.25, 0.3) is 22.2 Å². The molecule has 4 rings (SSSR count). The smallest absolute Gasteiger partial charge is 0.490 e. The molecule has 0 radical (unpaired) electrons. The molecule has 3 N–H and O–H groups in total. The van der Waals surface area contributed by atoms with Gasteiger partial charge in [0.25, 0.3) is 5.56 Å². The molecule has 166 valence electrons. The number of carbonyl (C=O) groups is 1. The van der Waals surface area contributed by atoms with Gasteiger partial charge >= 0.3 is 12.1 Å². The van der Waals surface area contributed by atoms with Gasteiger partial charge in [0, 0.05) is 5.56 Å². The van der Waals surface area contributed by atoms with Crippen LogP contribution in [0.15, 0.2) is 33.6 Å². The third kappa shape index (κ3) is 5.40. The summed E-state index contributed by atoms with van der Waals surface area (Å²) in [7, 11) is 0. The normalized spacial score (nSPS) is 14.7. The van der Waals surface area contributed by atoms with E-state index in [1.807, 2.05) is 24.3 Å². The van der Waals surface area contributed by atoms with Crippen molar-refractivity contribution in [2.24, 2.45) is 0 Å². The fraction of sp³-hybridized carbons (Fsp3) is 0.368. The molecule has 0 spiro atoms. The highest BCUT2D eigenvalue weighted by molar-refractivity contribution is 5.92. The molecule has 0 saturated carbocycles. The second kappa shape index (κ2) is 9.16. The second-order valence-corrected chi connectivity index (χ2v) is 6.76. The van der Waals surface area contributed by atoms with Crippen LogP contribution in [0.3, 0.4) is 0 Å². The van der Waals surface area contributed by atoms with Gasteiger partial charge in [0.15, 0.2) is 5.52 Å². The number of hydrogen-bond acceptors (Lipinski definition) is 7. The van der Waals surface area contributed by atoms with E-state index in [1.54, 1.807) is 6.92 Å². The van der Waals surface area contributed by atoms with Gasteiger partial charge in [-0.15, -0.1) is 0 Å². The lowest BCUT2D eigenvalue weighted by Crippen LogP contribution is -2.34. The Morgan fingerprint density at radius 3 is 2.42 bits per heavy atom. The summed E-state index contributed by atoms with van der Waals surface area (Å²) in [6, 6.07) is 7.73. The van der Waals surface area contributed by atoms with Gasteiger partial charge in [0.2, 0.25) is 0 Å². The van der Waals surface area contributed by atoms with Crippen molar-refractivity contribution in [3.63, 3.8) is 0 Å². The van der Waals surface area contributed by atoms with E-state index < -0.39 is 12.1 Å². The number of ether oxygens (including phenoxy) is 1. The first-order chi connectivity index (χ1) is 14.7. The summed E-state index contributed by atoms with van der Waals surface area (Å²) in [4.78, 5) is 20.7. The van der Waals surface area contributed by atoms with Crippen molar-refractivity contribution in [1.29, 1.82) is 0 Å². The Hall–Kier alpha value is -3.41. The Labute approximate surface area is 173 Å². The zero-order valence-corrected chi connectivity index (χ0v) is 16.3. The average molecular weight is 440 g/mol. The number of nitrogens with zero attached hydrogens (tertiary/aromatic N) is 2. The number of H-pyrrole nitrogens is 1. The first kappa shape index (κ1) is 22.3. The molecule has 0 atom stereocenters. The molecule has 0 amide bonds. The molecule has 1 fully saturated rings. The van der Waals surface area contributed by atoms with Crippen LogP contribution in [0, 0.1) is 6.92 Å². The highest BCUT2D eigenvalue weighted by Crippen LogP contribution is 2.28. The number of rotatable bonds is 3. The van der Waals surface area contributed by atoms with Crippen LogP contribution in [0.4, 0.5) is 13.2 Å². The highest BCUT2D eigenvalue weighted by Gasteiger charge is 2.38. The van der Waals surface area contributed by atoms with Crippen molar-refractivity contribution in [3.05, 3.63) is 40.4 Å². The Kier molecular flexibility index (Phi) is 6.59. The lowest BCUT2D eigenvalue weighted by atomic mass is 10.1. The maximum Gasteiger partial charge on any atom is 0.490 e. The number of hydrogen-bond donors (Lipinski definition) is 3. The number of alkyl halides is 3. The molecule has 3 aromatic rings. The van der Waals surface area contributed by atoms with Crippen LogP contribution in [-0.4, -0.2) is 51.8 Å². The molecular formula is C19H19F3N4O5. The summed E-state index contributed by atoms with van der Waals surface area (Å²) in [6.45, 7) is 3.76. The van der Waals surface area contributed by atoms with E-state index in [0.29, 0.717) is 16.8 Å². The number of benzene rings is 1. The number of fused-ring (bicyclic) bond motifs is 1. The van der Waals surface area contributed by atoms with E-state index in [4.69, 9.17) is 19.2 Å². The minimum Gasteiger partial charge on any atom is -0.490 e. The minimum atomic E-state index is -5.08. The molecule has 3 heterocycles. The maximum absolute atomic E-state index is 11.8. The van der Waals surface area contributed by atoms with Crippen molar-refractivity contribution in [1.82, 2.24) is 20.7 Å². The first-order valence-electron chi connectivity index (χ1n) is 9.29. The number of piperidine rings is 1. The summed E-state index contributed by atoms with van der Waals surface area (Å²) in [6.07, 6.45) is -2.79. The molecule has 1 aromatic carbocycles. The molecule has 0 bridgehead atoms. The van der Waals surface area contributed by atoms with Crippen molar-refractivity contribution in [2.45, 2.75) is 32.0 Å². The Bertz CT molecular complexity index is 1100. The number of aliphatic carboxylic acids is 1. The SMILES string of the molecule is Cc1onc2c(=O)[nH]nc(-c3ccc(OC4CCNCC4)cc3)c12.O=C(O)C(F)(F)F. The topological polar surface area (TPSA) is 130 Å². The zero-order chi connectivity index (χ0) is 22.6. The van der Waals surface area contributed by atoms with Crippen LogP contribution < -0.4 is 15.6 Å². The molecule has 12 heteroatoms. The van der Waals surface area contributed by atoms with Crippen molar-refractivity contribution in [3.8, 4) is 17.0 Å². The number of aromatic nitrogens is 3. The van der Waals surface area contributed by atoms with Crippen LogP contribution >= 0.6 is 0 Å². The first-order valence-corrected chi connectivity index (χ1v) is 9.29. The molecular weight excluding hydrogens is 421 g/mol. The third-order valence-electron chi connectivity index (χ3n) is 4.54. The molecule has 1 aliphatic rings. The Morgan fingerprint density at radius 1 is 1.23 bits per heavy atom. The number of carboxylic acids is 1. The van der Waals surface area contributed by atoms with E-state index in [0.717, 1.165) is 37.2 Å². The van der Waals surface area contributed by atoms with Gasteiger partial charge in [0.05, 0.1) is 5.39 Å². The van der Waals surface area contributed by atoms with Crippen LogP contribution in [0.2, 0.25) is 0 Å². The predicted molar refractivity (Wildman–Crippen MR) is 103 cm³/mol. The number of nitrogens with one attached hydrogen (secondary N) is 2. The summed E-state index contributed by atoms with van der Waals surface area (Å²) in [5.41, 5.74) is 1.45. The van der Waals surface area contributed by atoms with Gasteiger partial charge in [-0.05, 0) is 57.1 Å². The molecule has 2 aromatic heterocycles. The molecule has 9 nitrogen and oxygen atoms in total. The Morgan fingerprint density at radius 2 is 1.84 bits per heavy atom. The number of halogens is 3. The van der Waals surface area contributed by atoms with E-state index >= 15 is 0 Å². The van der Waals surface area contributed by atoms with E-state index in [-0.39, 0.29) is 17.2 Å². The van der Waals surface area contributed by atoms with Gasteiger partial charge in [-0.1, -0.05) is 5.16 Å². The zero-order valence-electron chi connectivity index (χ0n) is 16.3.